The third kappa shape index (κ3) is 2.23. The molecule has 5 heteroatoms. The fourth-order valence-electron chi connectivity index (χ4n) is 3.88. The van der Waals surface area contributed by atoms with E-state index in [4.69, 9.17) is 0 Å². The molecule has 2 N–H and O–H groups in total. The third-order valence-electron chi connectivity index (χ3n) is 4.93. The van der Waals surface area contributed by atoms with Gasteiger partial charge in [-0.05, 0) is 49.6 Å². The van der Waals surface area contributed by atoms with Crippen molar-refractivity contribution in [2.24, 2.45) is 0 Å². The van der Waals surface area contributed by atoms with Crippen molar-refractivity contribution in [3.8, 4) is 0 Å². The van der Waals surface area contributed by atoms with Crippen LogP contribution in [-0.4, -0.2) is 41.8 Å². The summed E-state index contributed by atoms with van der Waals surface area (Å²) in [6.45, 7) is 3.64. The van der Waals surface area contributed by atoms with Gasteiger partial charge < -0.3 is 5.32 Å². The molecule has 1 aliphatic carbocycles. The first-order valence-electron chi connectivity index (χ1n) is 8.27. The van der Waals surface area contributed by atoms with E-state index in [2.05, 4.69) is 53.2 Å². The summed E-state index contributed by atoms with van der Waals surface area (Å²) in [5.41, 5.74) is 8.05. The van der Waals surface area contributed by atoms with Crippen LogP contribution in [0.2, 0.25) is 0 Å². The SMILES string of the molecule is CCNC(=O)Nn1cc2c3c(cccc31)C1=CCCN(C)[C@@H]1C2. The van der Waals surface area contributed by atoms with E-state index in [1.54, 1.807) is 0 Å². The monoisotopic (exact) mass is 310 g/mol. The molecular weight excluding hydrogens is 288 g/mol. The summed E-state index contributed by atoms with van der Waals surface area (Å²) < 4.78 is 1.86. The largest absolute Gasteiger partial charge is 0.337 e. The van der Waals surface area contributed by atoms with Crippen LogP contribution < -0.4 is 10.7 Å². The minimum atomic E-state index is -0.172. The van der Waals surface area contributed by atoms with E-state index in [1.807, 2.05) is 11.6 Å². The zero-order valence-electron chi connectivity index (χ0n) is 13.6. The maximum Gasteiger partial charge on any atom is 0.333 e. The number of benzene rings is 1. The Morgan fingerprint density at radius 2 is 2.26 bits per heavy atom. The van der Waals surface area contributed by atoms with Gasteiger partial charge in [0.25, 0.3) is 0 Å². The molecule has 23 heavy (non-hydrogen) atoms. The van der Waals surface area contributed by atoms with Crippen molar-refractivity contribution in [3.05, 3.63) is 41.6 Å². The van der Waals surface area contributed by atoms with Crippen molar-refractivity contribution in [2.45, 2.75) is 25.8 Å². The van der Waals surface area contributed by atoms with Crippen LogP contribution in [0.25, 0.3) is 16.5 Å². The minimum Gasteiger partial charge on any atom is -0.337 e. The molecule has 2 aliphatic rings. The number of rotatable bonds is 2. The van der Waals surface area contributed by atoms with Crippen molar-refractivity contribution in [1.82, 2.24) is 14.9 Å². The molecule has 2 amide bonds. The molecule has 2 heterocycles. The van der Waals surface area contributed by atoms with E-state index >= 15 is 0 Å². The van der Waals surface area contributed by atoms with Gasteiger partial charge >= 0.3 is 6.03 Å². The van der Waals surface area contributed by atoms with Crippen molar-refractivity contribution in [3.63, 3.8) is 0 Å². The number of carbonyl (C=O) groups is 1. The Morgan fingerprint density at radius 1 is 1.39 bits per heavy atom. The number of fused-ring (bicyclic) bond motifs is 2. The summed E-state index contributed by atoms with van der Waals surface area (Å²) >= 11 is 0. The predicted octanol–water partition coefficient (Wildman–Crippen LogP) is 2.56. The number of likely N-dealkylation sites (N-methyl/N-ethyl adjacent to an activating group) is 1. The number of aromatic nitrogens is 1. The second kappa shape index (κ2) is 5.42. The second-order valence-electron chi connectivity index (χ2n) is 6.34. The number of hydrogen-bond donors (Lipinski definition) is 2. The summed E-state index contributed by atoms with van der Waals surface area (Å²) in [7, 11) is 2.20. The molecular formula is C18H22N4O. The van der Waals surface area contributed by atoms with Crippen LogP contribution in [0.4, 0.5) is 4.79 Å². The lowest BCUT2D eigenvalue weighted by molar-refractivity contribution is 0.250. The van der Waals surface area contributed by atoms with Crippen LogP contribution in [0.1, 0.15) is 24.5 Å². The average molecular weight is 310 g/mol. The minimum absolute atomic E-state index is 0.172. The third-order valence-corrected chi connectivity index (χ3v) is 4.93. The molecule has 0 spiro atoms. The molecule has 0 saturated heterocycles. The Hall–Kier alpha value is -2.27. The zero-order valence-corrected chi connectivity index (χ0v) is 13.6. The maximum atomic E-state index is 11.9. The fraction of sp³-hybridized carbons (Fsp3) is 0.389. The lowest BCUT2D eigenvalue weighted by Crippen LogP contribution is -2.39. The highest BCUT2D eigenvalue weighted by atomic mass is 16.2. The van der Waals surface area contributed by atoms with Crippen LogP contribution in [0.15, 0.2) is 30.5 Å². The van der Waals surface area contributed by atoms with E-state index in [0.29, 0.717) is 12.6 Å². The molecule has 120 valence electrons. The Bertz CT molecular complexity index is 805. The van der Waals surface area contributed by atoms with E-state index in [9.17, 15) is 4.79 Å². The summed E-state index contributed by atoms with van der Waals surface area (Å²) in [5.74, 6) is 0. The van der Waals surface area contributed by atoms with Crippen LogP contribution in [0.5, 0.6) is 0 Å². The zero-order chi connectivity index (χ0) is 16.0. The molecule has 0 unspecified atom stereocenters. The molecule has 0 saturated carbocycles. The Morgan fingerprint density at radius 3 is 3.09 bits per heavy atom. The van der Waals surface area contributed by atoms with E-state index in [1.165, 1.54) is 22.1 Å². The predicted molar refractivity (Wildman–Crippen MR) is 93.1 cm³/mol. The van der Waals surface area contributed by atoms with Gasteiger partial charge in [-0.15, -0.1) is 0 Å². The highest BCUT2D eigenvalue weighted by Crippen LogP contribution is 2.40. The highest BCUT2D eigenvalue weighted by molar-refractivity contribution is 5.99. The lowest BCUT2D eigenvalue weighted by Gasteiger charge is -2.36. The van der Waals surface area contributed by atoms with Gasteiger partial charge in [-0.2, -0.15) is 0 Å². The Labute approximate surface area is 135 Å². The van der Waals surface area contributed by atoms with Crippen molar-refractivity contribution in [2.75, 3.05) is 25.6 Å². The fourth-order valence-corrected chi connectivity index (χ4v) is 3.88. The molecule has 4 rings (SSSR count). The van der Waals surface area contributed by atoms with E-state index in [-0.39, 0.29) is 6.03 Å². The van der Waals surface area contributed by atoms with Gasteiger partial charge in [0, 0.05) is 30.7 Å². The molecule has 5 nitrogen and oxygen atoms in total. The molecule has 1 aliphatic heterocycles. The molecule has 0 bridgehead atoms. The Kier molecular flexibility index (Phi) is 3.38. The lowest BCUT2D eigenvalue weighted by atomic mass is 9.82. The molecule has 1 aromatic heterocycles. The standard InChI is InChI=1S/C18H22N4O/c1-3-19-18(23)20-22-11-12-10-16-13(7-5-9-21(16)2)14-6-4-8-15(22)17(12)14/h4,6-8,11,16H,3,5,9-10H2,1-2H3,(H2,19,20,23)/t16-/m1/s1. The van der Waals surface area contributed by atoms with Gasteiger partial charge in [-0.1, -0.05) is 18.2 Å². The molecule has 2 aromatic rings. The summed E-state index contributed by atoms with van der Waals surface area (Å²) in [6.07, 6.45) is 6.56. The first-order chi connectivity index (χ1) is 11.2. The number of hydrogen-bond acceptors (Lipinski definition) is 2. The quantitative estimate of drug-likeness (QED) is 0.895. The average Bonchev–Trinajstić information content (AvgIpc) is 2.88. The van der Waals surface area contributed by atoms with E-state index < -0.39 is 0 Å². The van der Waals surface area contributed by atoms with Gasteiger partial charge in [0.2, 0.25) is 0 Å². The normalized spacial score (nSPS) is 20.1. The maximum absolute atomic E-state index is 11.9. The molecule has 1 atom stereocenters. The van der Waals surface area contributed by atoms with Gasteiger partial charge in [-0.25, -0.2) is 10.2 Å². The molecule has 0 radical (unpaired) electrons. The first-order valence-corrected chi connectivity index (χ1v) is 8.27. The van der Waals surface area contributed by atoms with Gasteiger partial charge in [0.15, 0.2) is 0 Å². The van der Waals surface area contributed by atoms with Crippen LogP contribution in [0, 0.1) is 0 Å². The molecule has 0 fully saturated rings. The topological polar surface area (TPSA) is 49.3 Å². The van der Waals surface area contributed by atoms with Crippen LogP contribution in [0.3, 0.4) is 0 Å². The van der Waals surface area contributed by atoms with Gasteiger partial charge in [0.05, 0.1) is 5.52 Å². The number of nitrogens with one attached hydrogen (secondary N) is 2. The summed E-state index contributed by atoms with van der Waals surface area (Å²) in [5, 5.41) is 4.06. The number of carbonyl (C=O) groups excluding carboxylic acids is 1. The van der Waals surface area contributed by atoms with Gasteiger partial charge in [0.1, 0.15) is 0 Å². The van der Waals surface area contributed by atoms with E-state index in [0.717, 1.165) is 24.9 Å². The van der Waals surface area contributed by atoms with Gasteiger partial charge in [-0.3, -0.25) is 9.58 Å². The first kappa shape index (κ1) is 14.3. The molecule has 1 aromatic carbocycles. The summed E-state index contributed by atoms with van der Waals surface area (Å²) in [6, 6.07) is 6.63. The van der Waals surface area contributed by atoms with Crippen LogP contribution >= 0.6 is 0 Å². The Balaban J connectivity index is 1.82. The van der Waals surface area contributed by atoms with Crippen molar-refractivity contribution in [1.29, 1.82) is 0 Å². The van der Waals surface area contributed by atoms with Crippen molar-refractivity contribution < 1.29 is 4.79 Å². The van der Waals surface area contributed by atoms with Crippen molar-refractivity contribution >= 4 is 22.5 Å². The number of urea groups is 1. The highest BCUT2D eigenvalue weighted by Gasteiger charge is 2.31. The second-order valence-corrected chi connectivity index (χ2v) is 6.34. The number of amides is 2. The number of nitrogens with zero attached hydrogens (tertiary/aromatic N) is 2. The summed E-state index contributed by atoms with van der Waals surface area (Å²) in [4.78, 5) is 14.3. The van der Waals surface area contributed by atoms with Crippen LogP contribution in [-0.2, 0) is 6.42 Å². The smallest absolute Gasteiger partial charge is 0.333 e.